The van der Waals surface area contributed by atoms with Gasteiger partial charge >= 0.3 is 0 Å². The second-order valence-corrected chi connectivity index (χ2v) is 5.18. The number of ether oxygens (including phenoxy) is 1. The van der Waals surface area contributed by atoms with E-state index >= 15 is 0 Å². The number of carbonyl (C=O) groups is 1. The van der Waals surface area contributed by atoms with Crippen LogP contribution in [0.1, 0.15) is 10.4 Å². The molecule has 0 aliphatic carbocycles. The monoisotopic (exact) mass is 358 g/mol. The number of amides is 1. The first-order valence-corrected chi connectivity index (χ1v) is 6.57. The summed E-state index contributed by atoms with van der Waals surface area (Å²) in [6.07, 6.45) is 0. The van der Waals surface area contributed by atoms with E-state index in [9.17, 15) is 9.18 Å². The van der Waals surface area contributed by atoms with Crippen LogP contribution in [-0.2, 0) is 0 Å². The maximum absolute atomic E-state index is 13.2. The zero-order valence-corrected chi connectivity index (χ0v) is 12.3. The number of nitrogens with two attached hydrogens (primary N) is 2. The molecule has 0 radical (unpaired) electrons. The zero-order chi connectivity index (χ0) is 14.9. The summed E-state index contributed by atoms with van der Waals surface area (Å²) in [7, 11) is 0. The summed E-state index contributed by atoms with van der Waals surface area (Å²) in [5.41, 5.74) is 11.2. The smallest absolute Gasteiger partial charge is 0.252 e. The van der Waals surface area contributed by atoms with Crippen molar-refractivity contribution in [1.82, 2.24) is 0 Å². The zero-order valence-electron chi connectivity index (χ0n) is 9.99. The van der Waals surface area contributed by atoms with E-state index in [1.165, 1.54) is 30.3 Å². The van der Waals surface area contributed by atoms with Crippen molar-refractivity contribution in [2.24, 2.45) is 5.73 Å². The molecular weight excluding hydrogens is 351 g/mol. The van der Waals surface area contributed by atoms with Crippen LogP contribution in [0.4, 0.5) is 10.1 Å². The molecule has 2 rings (SSSR count). The number of carbonyl (C=O) groups excluding carboxylic acids is 1. The molecule has 104 valence electrons. The fourth-order valence-electron chi connectivity index (χ4n) is 1.56. The van der Waals surface area contributed by atoms with Crippen molar-refractivity contribution in [2.45, 2.75) is 0 Å². The van der Waals surface area contributed by atoms with Gasteiger partial charge in [0.05, 0.1) is 15.1 Å². The number of rotatable bonds is 3. The molecule has 4 N–H and O–H groups in total. The molecule has 2 aromatic rings. The molecule has 2 aromatic carbocycles. The Bertz CT molecular complexity index is 694. The average Bonchev–Trinajstić information content (AvgIpc) is 2.36. The normalized spacial score (nSPS) is 10.3. The maximum Gasteiger partial charge on any atom is 0.252 e. The molecule has 0 heterocycles. The third-order valence-corrected chi connectivity index (χ3v) is 3.33. The van der Waals surface area contributed by atoms with Crippen LogP contribution in [0.5, 0.6) is 11.5 Å². The van der Waals surface area contributed by atoms with Crippen LogP contribution in [0.15, 0.2) is 34.8 Å². The summed E-state index contributed by atoms with van der Waals surface area (Å²) in [4.78, 5) is 11.4. The first kappa shape index (κ1) is 14.6. The Labute approximate surface area is 127 Å². The molecule has 0 fully saturated rings. The van der Waals surface area contributed by atoms with Crippen molar-refractivity contribution in [3.63, 3.8) is 0 Å². The predicted octanol–water partition coefficient (Wildman–Crippen LogP) is 3.72. The third kappa shape index (κ3) is 3.02. The van der Waals surface area contributed by atoms with Crippen LogP contribution in [-0.4, -0.2) is 5.91 Å². The van der Waals surface area contributed by atoms with E-state index in [1.54, 1.807) is 0 Å². The highest BCUT2D eigenvalue weighted by Gasteiger charge is 2.16. The summed E-state index contributed by atoms with van der Waals surface area (Å²) in [5.74, 6) is -0.787. The Morgan fingerprint density at radius 2 is 2.00 bits per heavy atom. The molecule has 4 nitrogen and oxygen atoms in total. The van der Waals surface area contributed by atoms with E-state index in [0.717, 1.165) is 0 Å². The highest BCUT2D eigenvalue weighted by Crippen LogP contribution is 2.35. The van der Waals surface area contributed by atoms with Gasteiger partial charge in [-0.1, -0.05) is 11.6 Å². The van der Waals surface area contributed by atoms with Gasteiger partial charge in [-0.25, -0.2) is 4.39 Å². The molecule has 1 amide bonds. The van der Waals surface area contributed by atoms with E-state index < -0.39 is 11.7 Å². The van der Waals surface area contributed by atoms with E-state index in [0.29, 0.717) is 5.75 Å². The molecule has 0 saturated heterocycles. The number of primary amides is 1. The van der Waals surface area contributed by atoms with Crippen molar-refractivity contribution >= 4 is 39.1 Å². The Morgan fingerprint density at radius 3 is 2.60 bits per heavy atom. The number of hydrogen-bond donors (Lipinski definition) is 2. The highest BCUT2D eigenvalue weighted by molar-refractivity contribution is 9.10. The molecule has 0 aliphatic rings. The van der Waals surface area contributed by atoms with Crippen molar-refractivity contribution in [1.29, 1.82) is 0 Å². The Hall–Kier alpha value is -1.79. The van der Waals surface area contributed by atoms with Crippen molar-refractivity contribution in [2.75, 3.05) is 5.73 Å². The van der Waals surface area contributed by atoms with Gasteiger partial charge in [0.2, 0.25) is 0 Å². The van der Waals surface area contributed by atoms with Crippen LogP contribution >= 0.6 is 27.5 Å². The van der Waals surface area contributed by atoms with Gasteiger partial charge in [-0.15, -0.1) is 0 Å². The topological polar surface area (TPSA) is 78.3 Å². The molecule has 0 saturated carbocycles. The van der Waals surface area contributed by atoms with Crippen molar-refractivity contribution in [3.05, 3.63) is 51.2 Å². The molecule has 0 spiro atoms. The number of anilines is 1. The lowest BCUT2D eigenvalue weighted by Gasteiger charge is -2.12. The standard InChI is InChI=1S/C13H9BrClFN2O2/c14-9-5-7(1-2-11(9)16)20-12-8(13(18)19)3-6(17)4-10(12)15/h1-5H,17H2,(H2,18,19). The largest absolute Gasteiger partial charge is 0.455 e. The Morgan fingerprint density at radius 1 is 1.30 bits per heavy atom. The first-order valence-electron chi connectivity index (χ1n) is 5.40. The first-order chi connectivity index (χ1) is 9.38. The van der Waals surface area contributed by atoms with E-state index in [2.05, 4.69) is 15.9 Å². The van der Waals surface area contributed by atoms with Crippen LogP contribution in [0.25, 0.3) is 0 Å². The third-order valence-electron chi connectivity index (χ3n) is 2.44. The lowest BCUT2D eigenvalue weighted by molar-refractivity contribution is 0.0998. The molecule has 0 unspecified atom stereocenters. The lowest BCUT2D eigenvalue weighted by atomic mass is 10.1. The summed E-state index contributed by atoms with van der Waals surface area (Å²) < 4.78 is 18.9. The van der Waals surface area contributed by atoms with Crippen LogP contribution in [0, 0.1) is 5.82 Å². The summed E-state index contributed by atoms with van der Waals surface area (Å²) >= 11 is 9.04. The molecular formula is C13H9BrClFN2O2. The molecule has 7 heteroatoms. The van der Waals surface area contributed by atoms with Gasteiger partial charge < -0.3 is 16.2 Å². The van der Waals surface area contributed by atoms with Gasteiger partial charge in [-0.2, -0.15) is 0 Å². The second-order valence-electron chi connectivity index (χ2n) is 3.92. The number of benzene rings is 2. The lowest BCUT2D eigenvalue weighted by Crippen LogP contribution is -2.13. The summed E-state index contributed by atoms with van der Waals surface area (Å²) in [6.45, 7) is 0. The van der Waals surface area contributed by atoms with E-state index in [4.69, 9.17) is 27.8 Å². The van der Waals surface area contributed by atoms with Crippen LogP contribution in [0.3, 0.4) is 0 Å². The number of nitrogen functional groups attached to an aromatic ring is 1. The minimum atomic E-state index is -0.727. The average molecular weight is 360 g/mol. The minimum absolute atomic E-state index is 0.0513. The van der Waals surface area contributed by atoms with Crippen LogP contribution < -0.4 is 16.2 Å². The SMILES string of the molecule is NC(=O)c1cc(N)cc(Cl)c1Oc1ccc(F)c(Br)c1. The predicted molar refractivity (Wildman–Crippen MR) is 78.6 cm³/mol. The van der Waals surface area contributed by atoms with Crippen molar-refractivity contribution in [3.8, 4) is 11.5 Å². The van der Waals surface area contributed by atoms with Gasteiger partial charge in [0.15, 0.2) is 5.75 Å². The van der Waals surface area contributed by atoms with Crippen LogP contribution in [0.2, 0.25) is 5.02 Å². The maximum atomic E-state index is 13.2. The summed E-state index contributed by atoms with van der Waals surface area (Å²) in [5, 5.41) is 0.138. The molecule has 0 aliphatic heterocycles. The Kier molecular flexibility index (Phi) is 4.15. The second kappa shape index (κ2) is 5.68. The quantitative estimate of drug-likeness (QED) is 0.820. The fraction of sp³-hybridized carbons (Fsp3) is 0. The highest BCUT2D eigenvalue weighted by atomic mass is 79.9. The van der Waals surface area contributed by atoms with E-state index in [1.807, 2.05) is 0 Å². The minimum Gasteiger partial charge on any atom is -0.455 e. The molecule has 0 aromatic heterocycles. The molecule has 0 bridgehead atoms. The summed E-state index contributed by atoms with van der Waals surface area (Å²) in [6, 6.07) is 6.82. The molecule has 20 heavy (non-hydrogen) atoms. The Balaban J connectivity index is 2.47. The number of halogens is 3. The number of hydrogen-bond acceptors (Lipinski definition) is 3. The van der Waals surface area contributed by atoms with Gasteiger partial charge in [0.1, 0.15) is 11.6 Å². The van der Waals surface area contributed by atoms with Gasteiger partial charge in [0.25, 0.3) is 5.91 Å². The fourth-order valence-corrected chi connectivity index (χ4v) is 2.18. The van der Waals surface area contributed by atoms with Crippen molar-refractivity contribution < 1.29 is 13.9 Å². The van der Waals surface area contributed by atoms with E-state index in [-0.39, 0.29) is 26.5 Å². The molecule has 0 atom stereocenters. The van der Waals surface area contributed by atoms with Gasteiger partial charge in [-0.05, 0) is 46.3 Å². The van der Waals surface area contributed by atoms with Gasteiger partial charge in [0, 0.05) is 5.69 Å². The van der Waals surface area contributed by atoms with Gasteiger partial charge in [-0.3, -0.25) is 4.79 Å².